The van der Waals surface area contributed by atoms with Crippen molar-refractivity contribution < 1.29 is 19.4 Å². The van der Waals surface area contributed by atoms with E-state index in [0.29, 0.717) is 25.2 Å². The van der Waals surface area contributed by atoms with Gasteiger partial charge >= 0.3 is 12.1 Å². The van der Waals surface area contributed by atoms with Crippen molar-refractivity contribution in [3.63, 3.8) is 0 Å². The van der Waals surface area contributed by atoms with Gasteiger partial charge in [-0.05, 0) is 44.7 Å². The van der Waals surface area contributed by atoms with Gasteiger partial charge in [-0.2, -0.15) is 0 Å². The molecule has 2 aromatic rings. The Hall–Kier alpha value is -2.54. The van der Waals surface area contributed by atoms with Gasteiger partial charge in [0.1, 0.15) is 11.6 Å². The molecular formula is C19H25N3O4. The van der Waals surface area contributed by atoms with E-state index in [1.54, 1.807) is 0 Å². The largest absolute Gasteiger partial charge is 0.480 e. The first kappa shape index (κ1) is 18.3. The molecule has 0 unspecified atom stereocenters. The molecule has 1 aromatic heterocycles. The summed E-state index contributed by atoms with van der Waals surface area (Å²) in [5, 5.41) is 13.6. The lowest BCUT2D eigenvalue weighted by atomic mass is 10.1. The first-order chi connectivity index (χ1) is 12.2. The summed E-state index contributed by atoms with van der Waals surface area (Å²) in [5.41, 5.74) is 1.00. The predicted molar refractivity (Wildman–Crippen MR) is 98.0 cm³/mol. The molecule has 0 saturated carbocycles. The predicted octanol–water partition coefficient (Wildman–Crippen LogP) is 2.89. The quantitative estimate of drug-likeness (QED) is 0.780. The van der Waals surface area contributed by atoms with Crippen molar-refractivity contribution in [3.05, 3.63) is 36.0 Å². The molecular weight excluding hydrogens is 334 g/mol. The number of carboxylic acids is 1. The molecule has 3 N–H and O–H groups in total. The number of aliphatic carboxylic acids is 1. The van der Waals surface area contributed by atoms with E-state index in [4.69, 9.17) is 4.74 Å². The minimum atomic E-state index is -0.908. The number of hydrogen-bond donors (Lipinski definition) is 3. The van der Waals surface area contributed by atoms with Gasteiger partial charge < -0.3 is 20.1 Å². The van der Waals surface area contributed by atoms with Crippen LogP contribution in [0.2, 0.25) is 0 Å². The molecule has 0 bridgehead atoms. The summed E-state index contributed by atoms with van der Waals surface area (Å²) in [4.78, 5) is 28.9. The molecule has 7 heteroatoms. The zero-order valence-corrected chi connectivity index (χ0v) is 15.3. The van der Waals surface area contributed by atoms with Crippen molar-refractivity contribution in [2.75, 3.05) is 13.1 Å². The van der Waals surface area contributed by atoms with Crippen LogP contribution >= 0.6 is 0 Å². The van der Waals surface area contributed by atoms with E-state index in [2.05, 4.69) is 10.3 Å². The molecule has 2 heterocycles. The average Bonchev–Trinajstić information content (AvgIpc) is 3.12. The zero-order valence-electron chi connectivity index (χ0n) is 15.3. The fourth-order valence-electron chi connectivity index (χ4n) is 3.34. The van der Waals surface area contributed by atoms with E-state index in [-0.39, 0.29) is 6.04 Å². The maximum Gasteiger partial charge on any atom is 0.407 e. The minimum Gasteiger partial charge on any atom is -0.480 e. The molecule has 0 radical (unpaired) electrons. The third kappa shape index (κ3) is 4.16. The highest BCUT2D eigenvalue weighted by Gasteiger charge is 2.35. The molecule has 1 saturated heterocycles. The van der Waals surface area contributed by atoms with Gasteiger partial charge in [0.25, 0.3) is 0 Å². The number of carboxylic acid groups (broad SMARTS) is 1. The van der Waals surface area contributed by atoms with E-state index in [9.17, 15) is 14.7 Å². The Bertz CT molecular complexity index is 775. The minimum absolute atomic E-state index is 0.129. The number of ether oxygens (including phenoxy) is 1. The number of para-hydroxylation sites is 1. The fraction of sp³-hybridized carbons (Fsp3) is 0.474. The third-order valence-corrected chi connectivity index (χ3v) is 4.38. The number of carbonyl (C=O) groups excluding carboxylic acids is 1. The van der Waals surface area contributed by atoms with E-state index in [0.717, 1.165) is 10.9 Å². The Balaban J connectivity index is 1.70. The maximum atomic E-state index is 11.9. The number of nitrogens with zero attached hydrogens (tertiary/aromatic N) is 1. The fourth-order valence-corrected chi connectivity index (χ4v) is 3.34. The van der Waals surface area contributed by atoms with Crippen LogP contribution in [0.1, 0.15) is 38.9 Å². The first-order valence-corrected chi connectivity index (χ1v) is 8.77. The standard InChI is InChI=1S/C19H25N3O4/c1-19(2,3)26-18(25)20-13-8-9-22(11-13)16(17(23)24)15-10-12-6-4-5-7-14(12)21-15/h4-7,10,13,16,21H,8-9,11H2,1-3H3,(H,20,25)(H,23,24)/t13-,16+/m0/s1. The molecule has 2 atom stereocenters. The summed E-state index contributed by atoms with van der Waals surface area (Å²) >= 11 is 0. The summed E-state index contributed by atoms with van der Waals surface area (Å²) in [5.74, 6) is -0.908. The van der Waals surface area contributed by atoms with E-state index in [1.807, 2.05) is 56.0 Å². The van der Waals surface area contributed by atoms with E-state index >= 15 is 0 Å². The van der Waals surface area contributed by atoms with Gasteiger partial charge in [0, 0.05) is 30.3 Å². The highest BCUT2D eigenvalue weighted by Crippen LogP contribution is 2.28. The van der Waals surface area contributed by atoms with Crippen LogP contribution in [0.5, 0.6) is 0 Å². The smallest absolute Gasteiger partial charge is 0.407 e. The Labute approximate surface area is 152 Å². The van der Waals surface area contributed by atoms with Gasteiger partial charge in [-0.3, -0.25) is 9.69 Å². The van der Waals surface area contributed by atoms with Gasteiger partial charge in [-0.1, -0.05) is 18.2 Å². The molecule has 1 aromatic carbocycles. The molecule has 140 valence electrons. The molecule has 1 fully saturated rings. The van der Waals surface area contributed by atoms with Gasteiger partial charge in [-0.15, -0.1) is 0 Å². The van der Waals surface area contributed by atoms with Gasteiger partial charge in [0.2, 0.25) is 0 Å². The van der Waals surface area contributed by atoms with Crippen LogP contribution in [-0.2, 0) is 9.53 Å². The van der Waals surface area contributed by atoms with Crippen LogP contribution in [0, 0.1) is 0 Å². The Kier molecular flexibility index (Phi) is 4.91. The van der Waals surface area contributed by atoms with E-state index in [1.165, 1.54) is 0 Å². The number of amides is 1. The summed E-state index contributed by atoms with van der Waals surface area (Å²) in [6, 6.07) is 8.69. The van der Waals surface area contributed by atoms with E-state index < -0.39 is 23.7 Å². The average molecular weight is 359 g/mol. The number of hydrogen-bond acceptors (Lipinski definition) is 4. The maximum absolute atomic E-state index is 11.9. The summed E-state index contributed by atoms with van der Waals surface area (Å²) < 4.78 is 5.28. The highest BCUT2D eigenvalue weighted by atomic mass is 16.6. The second-order valence-electron chi connectivity index (χ2n) is 7.68. The van der Waals surface area contributed by atoms with Crippen LogP contribution in [0.4, 0.5) is 4.79 Å². The molecule has 26 heavy (non-hydrogen) atoms. The number of carbonyl (C=O) groups is 2. The Morgan fingerprint density at radius 3 is 2.73 bits per heavy atom. The molecule has 0 aliphatic carbocycles. The van der Waals surface area contributed by atoms with Crippen molar-refractivity contribution in [1.29, 1.82) is 0 Å². The number of rotatable bonds is 4. The first-order valence-electron chi connectivity index (χ1n) is 8.77. The molecule has 1 aliphatic heterocycles. The lowest BCUT2D eigenvalue weighted by Gasteiger charge is -2.24. The van der Waals surface area contributed by atoms with Gasteiger partial charge in [0.15, 0.2) is 0 Å². The number of H-pyrrole nitrogens is 1. The van der Waals surface area contributed by atoms with Crippen LogP contribution < -0.4 is 5.32 Å². The highest BCUT2D eigenvalue weighted by molar-refractivity contribution is 5.83. The second-order valence-corrected chi connectivity index (χ2v) is 7.68. The van der Waals surface area contributed by atoms with Crippen molar-refractivity contribution >= 4 is 23.0 Å². The lowest BCUT2D eigenvalue weighted by molar-refractivity contribution is -0.143. The van der Waals surface area contributed by atoms with Crippen molar-refractivity contribution in [2.24, 2.45) is 0 Å². The number of aromatic amines is 1. The molecule has 0 spiro atoms. The number of benzene rings is 1. The molecule has 1 amide bonds. The van der Waals surface area contributed by atoms with Crippen LogP contribution in [-0.4, -0.2) is 51.8 Å². The van der Waals surface area contributed by atoms with Crippen LogP contribution in [0.3, 0.4) is 0 Å². The molecule has 1 aliphatic rings. The summed E-state index contributed by atoms with van der Waals surface area (Å²) in [6.07, 6.45) is 0.213. The topological polar surface area (TPSA) is 94.7 Å². The summed E-state index contributed by atoms with van der Waals surface area (Å²) in [7, 11) is 0. The SMILES string of the molecule is CC(C)(C)OC(=O)N[C@H]1CCN([C@@H](C(=O)O)c2cc3ccccc3[nH]2)C1. The number of aromatic nitrogens is 1. The van der Waals surface area contributed by atoms with Gasteiger partial charge in [0.05, 0.1) is 0 Å². The zero-order chi connectivity index (χ0) is 18.9. The molecule has 7 nitrogen and oxygen atoms in total. The van der Waals surface area contributed by atoms with Crippen molar-refractivity contribution in [1.82, 2.24) is 15.2 Å². The van der Waals surface area contributed by atoms with Crippen molar-refractivity contribution in [3.8, 4) is 0 Å². The normalized spacial score (nSPS) is 19.4. The van der Waals surface area contributed by atoms with Crippen LogP contribution in [0.15, 0.2) is 30.3 Å². The van der Waals surface area contributed by atoms with Crippen molar-refractivity contribution in [2.45, 2.75) is 44.9 Å². The van der Waals surface area contributed by atoms with Crippen LogP contribution in [0.25, 0.3) is 10.9 Å². The Morgan fingerprint density at radius 2 is 2.08 bits per heavy atom. The second kappa shape index (κ2) is 6.99. The molecule has 3 rings (SSSR count). The number of nitrogens with one attached hydrogen (secondary N) is 2. The number of fused-ring (bicyclic) bond motifs is 1. The third-order valence-electron chi connectivity index (χ3n) is 4.38. The lowest BCUT2D eigenvalue weighted by Crippen LogP contribution is -2.41. The number of likely N-dealkylation sites (tertiary alicyclic amines) is 1. The monoisotopic (exact) mass is 359 g/mol. The van der Waals surface area contributed by atoms with Gasteiger partial charge in [-0.25, -0.2) is 4.79 Å². The Morgan fingerprint density at radius 1 is 1.35 bits per heavy atom. The summed E-state index contributed by atoms with van der Waals surface area (Å²) in [6.45, 7) is 6.48. The number of alkyl carbamates (subject to hydrolysis) is 1.